The van der Waals surface area contributed by atoms with E-state index in [0.29, 0.717) is 0 Å². The van der Waals surface area contributed by atoms with Crippen LogP contribution in [0.25, 0.3) is 0 Å². The van der Waals surface area contributed by atoms with Gasteiger partial charge in [0.25, 0.3) is 0 Å². The molecule has 1 aliphatic rings. The fourth-order valence-electron chi connectivity index (χ4n) is 2.32. The number of aliphatic imine (C=N–C) groups is 1. The van der Waals surface area contributed by atoms with E-state index in [9.17, 15) is 0 Å². The Morgan fingerprint density at radius 2 is 2.00 bits per heavy atom. The first-order valence-electron chi connectivity index (χ1n) is 6.02. The van der Waals surface area contributed by atoms with E-state index in [1.54, 1.807) is 0 Å². The predicted molar refractivity (Wildman–Crippen MR) is 65.8 cm³/mol. The third kappa shape index (κ3) is 2.68. The molecule has 2 rings (SSSR count). The quantitative estimate of drug-likeness (QED) is 0.674. The maximum absolute atomic E-state index is 4.79. The van der Waals surface area contributed by atoms with Gasteiger partial charge in [-0.2, -0.15) is 0 Å². The molecule has 1 heteroatoms. The van der Waals surface area contributed by atoms with E-state index in [1.807, 2.05) is 6.07 Å². The lowest BCUT2D eigenvalue weighted by Gasteiger charge is -2.22. The van der Waals surface area contributed by atoms with Crippen LogP contribution in [0.4, 0.5) is 5.69 Å². The highest BCUT2D eigenvalue weighted by Gasteiger charge is 2.18. The molecule has 0 radical (unpaired) electrons. The van der Waals surface area contributed by atoms with Crippen molar-refractivity contribution in [2.24, 2.45) is 10.9 Å². The van der Waals surface area contributed by atoms with Crippen LogP contribution < -0.4 is 0 Å². The molecule has 1 atom stereocenters. The Labute approximate surface area is 92.2 Å². The summed E-state index contributed by atoms with van der Waals surface area (Å²) in [5.74, 6) is 0.735. The molecule has 0 spiro atoms. The lowest BCUT2D eigenvalue weighted by atomic mass is 9.85. The molecule has 0 heterocycles. The third-order valence-electron chi connectivity index (χ3n) is 3.23. The van der Waals surface area contributed by atoms with Gasteiger partial charge in [0.15, 0.2) is 0 Å². The van der Waals surface area contributed by atoms with Crippen molar-refractivity contribution in [3.8, 4) is 0 Å². The van der Waals surface area contributed by atoms with E-state index in [-0.39, 0.29) is 0 Å². The van der Waals surface area contributed by atoms with Gasteiger partial charge in [0.05, 0.1) is 5.69 Å². The van der Waals surface area contributed by atoms with Crippen LogP contribution in [-0.2, 0) is 0 Å². The van der Waals surface area contributed by atoms with E-state index < -0.39 is 0 Å². The molecule has 1 aromatic carbocycles. The second-order valence-electron chi connectivity index (χ2n) is 4.29. The van der Waals surface area contributed by atoms with E-state index in [2.05, 4.69) is 31.2 Å². The molecule has 0 N–H and O–H groups in total. The van der Waals surface area contributed by atoms with Crippen molar-refractivity contribution in [1.82, 2.24) is 0 Å². The van der Waals surface area contributed by atoms with Crippen LogP contribution >= 0.6 is 0 Å². The molecule has 0 aromatic heterocycles. The standard InChI is InChI=1S/C14H19N/c1-2-12-8-6-7-11-14(12)15-13-9-4-3-5-10-13/h3-5,9-10,12H,2,6-8,11H2,1H3. The van der Waals surface area contributed by atoms with Crippen LogP contribution in [0, 0.1) is 5.92 Å². The molecule has 1 aliphatic carbocycles. The van der Waals surface area contributed by atoms with Crippen LogP contribution in [0.15, 0.2) is 35.3 Å². The normalized spacial score (nSPS) is 24.3. The van der Waals surface area contributed by atoms with Crippen molar-refractivity contribution in [2.75, 3.05) is 0 Å². The molecule has 15 heavy (non-hydrogen) atoms. The molecule has 1 fully saturated rings. The van der Waals surface area contributed by atoms with Crippen LogP contribution in [-0.4, -0.2) is 5.71 Å². The fraction of sp³-hybridized carbons (Fsp3) is 0.500. The van der Waals surface area contributed by atoms with Gasteiger partial charge in [-0.15, -0.1) is 0 Å². The van der Waals surface area contributed by atoms with Gasteiger partial charge in [-0.1, -0.05) is 31.5 Å². The number of para-hydroxylation sites is 1. The molecule has 0 saturated heterocycles. The minimum absolute atomic E-state index is 0.735. The predicted octanol–water partition coefficient (Wildman–Crippen LogP) is 4.36. The molecule has 0 bridgehead atoms. The Hall–Kier alpha value is -1.11. The molecular weight excluding hydrogens is 182 g/mol. The molecular formula is C14H19N. The average molecular weight is 201 g/mol. The minimum Gasteiger partial charge on any atom is -0.258 e. The summed E-state index contributed by atoms with van der Waals surface area (Å²) in [5, 5.41) is 0. The van der Waals surface area contributed by atoms with Crippen LogP contribution in [0.5, 0.6) is 0 Å². The van der Waals surface area contributed by atoms with Crippen LogP contribution in [0.1, 0.15) is 39.0 Å². The number of nitrogens with zero attached hydrogens (tertiary/aromatic N) is 1. The summed E-state index contributed by atoms with van der Waals surface area (Å²) < 4.78 is 0. The third-order valence-corrected chi connectivity index (χ3v) is 3.23. The maximum Gasteiger partial charge on any atom is 0.0629 e. The van der Waals surface area contributed by atoms with Gasteiger partial charge in [-0.25, -0.2) is 0 Å². The smallest absolute Gasteiger partial charge is 0.0629 e. The van der Waals surface area contributed by atoms with Crippen LogP contribution in [0.3, 0.4) is 0 Å². The largest absolute Gasteiger partial charge is 0.258 e. The number of rotatable bonds is 2. The summed E-state index contributed by atoms with van der Waals surface area (Å²) in [7, 11) is 0. The van der Waals surface area contributed by atoms with E-state index in [1.165, 1.54) is 37.8 Å². The van der Waals surface area contributed by atoms with Crippen LogP contribution in [0.2, 0.25) is 0 Å². The van der Waals surface area contributed by atoms with Crippen molar-refractivity contribution >= 4 is 11.4 Å². The Balaban J connectivity index is 2.17. The van der Waals surface area contributed by atoms with Gasteiger partial charge >= 0.3 is 0 Å². The van der Waals surface area contributed by atoms with E-state index in [4.69, 9.17) is 4.99 Å². The first kappa shape index (κ1) is 10.4. The zero-order chi connectivity index (χ0) is 10.5. The maximum atomic E-state index is 4.79. The summed E-state index contributed by atoms with van der Waals surface area (Å²) >= 11 is 0. The van der Waals surface area contributed by atoms with Crippen molar-refractivity contribution in [2.45, 2.75) is 39.0 Å². The zero-order valence-corrected chi connectivity index (χ0v) is 9.45. The topological polar surface area (TPSA) is 12.4 Å². The van der Waals surface area contributed by atoms with E-state index >= 15 is 0 Å². The second kappa shape index (κ2) is 5.11. The lowest BCUT2D eigenvalue weighted by Crippen LogP contribution is -2.18. The van der Waals surface area contributed by atoms with Gasteiger partial charge in [0, 0.05) is 5.71 Å². The highest BCUT2D eigenvalue weighted by molar-refractivity contribution is 5.89. The van der Waals surface area contributed by atoms with Crippen molar-refractivity contribution in [3.63, 3.8) is 0 Å². The van der Waals surface area contributed by atoms with Gasteiger partial charge in [0.1, 0.15) is 0 Å². The Morgan fingerprint density at radius 3 is 2.73 bits per heavy atom. The molecule has 0 aliphatic heterocycles. The number of benzene rings is 1. The molecule has 1 nitrogen and oxygen atoms in total. The minimum atomic E-state index is 0.735. The highest BCUT2D eigenvalue weighted by Crippen LogP contribution is 2.26. The first-order valence-corrected chi connectivity index (χ1v) is 6.02. The lowest BCUT2D eigenvalue weighted by molar-refractivity contribution is 0.515. The Morgan fingerprint density at radius 1 is 1.20 bits per heavy atom. The summed E-state index contributed by atoms with van der Waals surface area (Å²) in [5.41, 5.74) is 2.54. The van der Waals surface area contributed by atoms with Gasteiger partial charge in [-0.05, 0) is 43.7 Å². The molecule has 1 unspecified atom stereocenters. The van der Waals surface area contributed by atoms with Gasteiger partial charge in [0.2, 0.25) is 0 Å². The average Bonchev–Trinajstić information content (AvgIpc) is 2.31. The summed E-state index contributed by atoms with van der Waals surface area (Å²) in [6, 6.07) is 10.3. The fourth-order valence-corrected chi connectivity index (χ4v) is 2.32. The monoisotopic (exact) mass is 201 g/mol. The number of hydrogen-bond donors (Lipinski definition) is 0. The SMILES string of the molecule is CCC1CCCCC1=Nc1ccccc1. The zero-order valence-electron chi connectivity index (χ0n) is 9.45. The summed E-state index contributed by atoms with van der Waals surface area (Å²) in [6.45, 7) is 2.27. The van der Waals surface area contributed by atoms with Gasteiger partial charge < -0.3 is 0 Å². The van der Waals surface area contributed by atoms with Crippen molar-refractivity contribution < 1.29 is 0 Å². The first-order chi connectivity index (χ1) is 7.40. The summed E-state index contributed by atoms with van der Waals surface area (Å²) in [4.78, 5) is 4.79. The van der Waals surface area contributed by atoms with Gasteiger partial charge in [-0.3, -0.25) is 4.99 Å². The van der Waals surface area contributed by atoms with Crippen molar-refractivity contribution in [1.29, 1.82) is 0 Å². The number of hydrogen-bond acceptors (Lipinski definition) is 1. The second-order valence-corrected chi connectivity index (χ2v) is 4.29. The Kier molecular flexibility index (Phi) is 3.54. The molecule has 0 amide bonds. The van der Waals surface area contributed by atoms with E-state index in [0.717, 1.165) is 11.6 Å². The van der Waals surface area contributed by atoms with Crippen molar-refractivity contribution in [3.05, 3.63) is 30.3 Å². The Bertz CT molecular complexity index is 326. The molecule has 1 saturated carbocycles. The molecule has 1 aromatic rings. The summed E-state index contributed by atoms with van der Waals surface area (Å²) in [6.07, 6.45) is 6.48. The molecule has 80 valence electrons. The highest BCUT2D eigenvalue weighted by atomic mass is 14.8.